The molecule has 0 aliphatic carbocycles. The van der Waals surface area contributed by atoms with Gasteiger partial charge in [0.25, 0.3) is 0 Å². The van der Waals surface area contributed by atoms with Gasteiger partial charge in [0.2, 0.25) is 0 Å². The zero-order valence-electron chi connectivity index (χ0n) is 9.78. The summed E-state index contributed by atoms with van der Waals surface area (Å²) in [6.45, 7) is 0.709. The number of rotatable bonds is 5. The summed E-state index contributed by atoms with van der Waals surface area (Å²) >= 11 is 0. The molecule has 0 amide bonds. The summed E-state index contributed by atoms with van der Waals surface area (Å²) in [6.07, 6.45) is 1.22. The van der Waals surface area contributed by atoms with Crippen molar-refractivity contribution in [2.75, 3.05) is 20.4 Å². The van der Waals surface area contributed by atoms with Gasteiger partial charge in [-0.25, -0.2) is 8.42 Å². The lowest BCUT2D eigenvalue weighted by Gasteiger charge is -2.09. The molecule has 1 rings (SSSR count). The van der Waals surface area contributed by atoms with E-state index in [9.17, 15) is 8.42 Å². The number of sulfone groups is 1. The van der Waals surface area contributed by atoms with Gasteiger partial charge in [0, 0.05) is 18.4 Å². The summed E-state index contributed by atoms with van der Waals surface area (Å²) in [4.78, 5) is 0. The highest BCUT2D eigenvalue weighted by atomic mass is 32.2. The van der Waals surface area contributed by atoms with E-state index in [0.717, 1.165) is 5.56 Å². The number of methoxy groups -OCH3 is 1. The second-order valence-corrected chi connectivity index (χ2v) is 5.89. The average Bonchev–Trinajstić information content (AvgIpc) is 2.16. The normalized spacial score (nSPS) is 11.4. The number of ether oxygens (including phenoxy) is 1. The Labute approximate surface area is 96.5 Å². The molecule has 0 saturated heterocycles. The van der Waals surface area contributed by atoms with E-state index in [1.807, 2.05) is 19.2 Å². The molecule has 0 bridgehead atoms. The molecule has 16 heavy (non-hydrogen) atoms. The third-order valence-electron chi connectivity index (χ3n) is 2.14. The van der Waals surface area contributed by atoms with Gasteiger partial charge in [0.15, 0.2) is 9.84 Å². The highest BCUT2D eigenvalue weighted by Crippen LogP contribution is 2.21. The molecule has 0 fully saturated rings. The van der Waals surface area contributed by atoms with Crippen LogP contribution in [-0.4, -0.2) is 28.8 Å². The molecule has 90 valence electrons. The van der Waals surface area contributed by atoms with Crippen LogP contribution >= 0.6 is 0 Å². The fraction of sp³-hybridized carbons (Fsp3) is 0.455. The lowest BCUT2D eigenvalue weighted by Crippen LogP contribution is -2.07. The second-order valence-electron chi connectivity index (χ2n) is 3.75. The van der Waals surface area contributed by atoms with Crippen molar-refractivity contribution in [1.82, 2.24) is 5.32 Å². The molecule has 0 aliphatic rings. The van der Waals surface area contributed by atoms with Gasteiger partial charge in [-0.15, -0.1) is 0 Å². The summed E-state index contributed by atoms with van der Waals surface area (Å²) < 4.78 is 27.7. The largest absolute Gasteiger partial charge is 0.496 e. The maximum atomic E-state index is 11.3. The van der Waals surface area contributed by atoms with Crippen LogP contribution in [0.2, 0.25) is 0 Å². The van der Waals surface area contributed by atoms with Gasteiger partial charge in [0.05, 0.1) is 12.9 Å². The van der Waals surface area contributed by atoms with Crippen molar-refractivity contribution < 1.29 is 13.2 Å². The van der Waals surface area contributed by atoms with Crippen LogP contribution in [0.5, 0.6) is 5.75 Å². The smallest absolute Gasteiger partial charge is 0.151 e. The molecule has 1 N–H and O–H groups in total. The molecule has 4 nitrogen and oxygen atoms in total. The molecule has 0 saturated carbocycles. The van der Waals surface area contributed by atoms with Crippen molar-refractivity contribution in [2.24, 2.45) is 0 Å². The van der Waals surface area contributed by atoms with Crippen LogP contribution in [-0.2, 0) is 22.1 Å². The molecule has 0 unspecified atom stereocenters. The fourth-order valence-electron chi connectivity index (χ4n) is 1.54. The Kier molecular flexibility index (Phi) is 4.32. The molecule has 0 aromatic heterocycles. The van der Waals surface area contributed by atoms with Crippen LogP contribution in [0, 0.1) is 0 Å². The fourth-order valence-corrected chi connectivity index (χ4v) is 2.33. The van der Waals surface area contributed by atoms with Crippen molar-refractivity contribution in [3.05, 3.63) is 29.3 Å². The van der Waals surface area contributed by atoms with E-state index in [0.29, 0.717) is 17.9 Å². The van der Waals surface area contributed by atoms with Crippen LogP contribution in [0.25, 0.3) is 0 Å². The quantitative estimate of drug-likeness (QED) is 0.837. The Hall–Kier alpha value is -1.07. The zero-order valence-corrected chi connectivity index (χ0v) is 10.6. The van der Waals surface area contributed by atoms with E-state index in [1.54, 1.807) is 13.2 Å². The SMILES string of the molecule is CNCc1ccc(OC)c(CS(C)(=O)=O)c1. The van der Waals surface area contributed by atoms with Crippen molar-refractivity contribution >= 4 is 9.84 Å². The van der Waals surface area contributed by atoms with Crippen molar-refractivity contribution in [3.63, 3.8) is 0 Å². The maximum absolute atomic E-state index is 11.3. The van der Waals surface area contributed by atoms with Crippen LogP contribution in [0.3, 0.4) is 0 Å². The van der Waals surface area contributed by atoms with Gasteiger partial charge >= 0.3 is 0 Å². The van der Waals surface area contributed by atoms with E-state index in [1.165, 1.54) is 6.26 Å². The van der Waals surface area contributed by atoms with Crippen LogP contribution in [0.15, 0.2) is 18.2 Å². The van der Waals surface area contributed by atoms with E-state index in [2.05, 4.69) is 5.32 Å². The highest BCUT2D eigenvalue weighted by Gasteiger charge is 2.10. The van der Waals surface area contributed by atoms with Crippen molar-refractivity contribution in [3.8, 4) is 5.75 Å². The van der Waals surface area contributed by atoms with Crippen molar-refractivity contribution in [2.45, 2.75) is 12.3 Å². The lowest BCUT2D eigenvalue weighted by molar-refractivity contribution is 0.410. The summed E-state index contributed by atoms with van der Waals surface area (Å²) in [6, 6.07) is 5.57. The Morgan fingerprint density at radius 1 is 1.38 bits per heavy atom. The maximum Gasteiger partial charge on any atom is 0.151 e. The monoisotopic (exact) mass is 243 g/mol. The third-order valence-corrected chi connectivity index (χ3v) is 2.98. The minimum atomic E-state index is -3.04. The Bertz CT molecular complexity index is 454. The van der Waals surface area contributed by atoms with E-state index >= 15 is 0 Å². The predicted octanol–water partition coefficient (Wildman–Crippen LogP) is 0.959. The van der Waals surface area contributed by atoms with E-state index in [4.69, 9.17) is 4.74 Å². The average molecular weight is 243 g/mol. The van der Waals surface area contributed by atoms with Gasteiger partial charge in [-0.2, -0.15) is 0 Å². The minimum absolute atomic E-state index is 0.00767. The molecular formula is C11H17NO3S. The molecule has 0 aliphatic heterocycles. The topological polar surface area (TPSA) is 55.4 Å². The van der Waals surface area contributed by atoms with Gasteiger partial charge in [-0.05, 0) is 24.7 Å². The molecule has 0 heterocycles. The van der Waals surface area contributed by atoms with E-state index in [-0.39, 0.29) is 5.75 Å². The first-order valence-corrected chi connectivity index (χ1v) is 7.00. The third kappa shape index (κ3) is 3.83. The first-order chi connectivity index (χ1) is 7.46. The summed E-state index contributed by atoms with van der Waals surface area (Å²) in [5.74, 6) is 0.624. The lowest BCUT2D eigenvalue weighted by atomic mass is 10.1. The predicted molar refractivity (Wildman–Crippen MR) is 64.3 cm³/mol. The van der Waals surface area contributed by atoms with Crippen molar-refractivity contribution in [1.29, 1.82) is 0 Å². The number of nitrogens with one attached hydrogen (secondary N) is 1. The molecule has 0 spiro atoms. The van der Waals surface area contributed by atoms with Gasteiger partial charge in [-0.1, -0.05) is 6.07 Å². The van der Waals surface area contributed by atoms with Crippen LogP contribution < -0.4 is 10.1 Å². The highest BCUT2D eigenvalue weighted by molar-refractivity contribution is 7.89. The summed E-state index contributed by atoms with van der Waals surface area (Å²) in [7, 11) is 0.346. The molecule has 5 heteroatoms. The first-order valence-electron chi connectivity index (χ1n) is 4.94. The molecule has 0 atom stereocenters. The number of benzene rings is 1. The Balaban J connectivity index is 3.07. The van der Waals surface area contributed by atoms with Gasteiger partial charge < -0.3 is 10.1 Å². The molecular weight excluding hydrogens is 226 g/mol. The second kappa shape index (κ2) is 5.32. The first kappa shape index (κ1) is 13.0. The van der Waals surface area contributed by atoms with Crippen LogP contribution in [0.1, 0.15) is 11.1 Å². The summed E-state index contributed by atoms with van der Waals surface area (Å²) in [5, 5.41) is 3.02. The zero-order chi connectivity index (χ0) is 12.2. The van der Waals surface area contributed by atoms with Gasteiger partial charge in [-0.3, -0.25) is 0 Å². The van der Waals surface area contributed by atoms with Gasteiger partial charge in [0.1, 0.15) is 5.75 Å². The number of hydrogen-bond donors (Lipinski definition) is 1. The van der Waals surface area contributed by atoms with E-state index < -0.39 is 9.84 Å². The minimum Gasteiger partial charge on any atom is -0.496 e. The molecule has 0 radical (unpaired) electrons. The number of hydrogen-bond acceptors (Lipinski definition) is 4. The molecule has 1 aromatic carbocycles. The summed E-state index contributed by atoms with van der Waals surface area (Å²) in [5.41, 5.74) is 1.75. The Morgan fingerprint density at radius 3 is 2.56 bits per heavy atom. The molecule has 1 aromatic rings. The Morgan fingerprint density at radius 2 is 2.06 bits per heavy atom. The van der Waals surface area contributed by atoms with Crippen LogP contribution in [0.4, 0.5) is 0 Å². The standard InChI is InChI=1S/C11H17NO3S/c1-12-7-9-4-5-11(15-2)10(6-9)8-16(3,13)14/h4-6,12H,7-8H2,1-3H3.